The third kappa shape index (κ3) is 4.51. The third-order valence-corrected chi connectivity index (χ3v) is 5.16. The Kier molecular flexibility index (Phi) is 5.66. The molecule has 2 heterocycles. The highest BCUT2D eigenvalue weighted by molar-refractivity contribution is 5.99. The van der Waals surface area contributed by atoms with E-state index in [0.29, 0.717) is 19.6 Å². The molecule has 1 aromatic heterocycles. The molecule has 0 bridgehead atoms. The summed E-state index contributed by atoms with van der Waals surface area (Å²) in [6, 6.07) is 25.2. The highest BCUT2D eigenvalue weighted by Gasteiger charge is 2.37. The molecule has 0 aliphatic carbocycles. The van der Waals surface area contributed by atoms with Crippen molar-refractivity contribution in [2.45, 2.75) is 19.5 Å². The molecule has 3 aromatic rings. The van der Waals surface area contributed by atoms with E-state index < -0.39 is 0 Å². The van der Waals surface area contributed by atoms with Gasteiger partial charge in [-0.1, -0.05) is 54.6 Å². The van der Waals surface area contributed by atoms with Crippen molar-refractivity contribution < 1.29 is 9.59 Å². The highest BCUT2D eigenvalue weighted by atomic mass is 16.2. The molecule has 1 unspecified atom stereocenters. The standard InChI is InChI=1S/C24H23N3O2/c28-23-15-20(17-26(23)18-21-11-7-8-14-25-21)24(29)27(22-12-5-2-6-13-22)16-19-9-3-1-4-10-19/h1-14,20H,15-18H2. The molecule has 1 aliphatic rings. The molecule has 4 rings (SSSR count). The quantitative estimate of drug-likeness (QED) is 0.651. The fraction of sp³-hybridized carbons (Fsp3) is 0.208. The number of carbonyl (C=O) groups is 2. The fourth-order valence-electron chi connectivity index (χ4n) is 3.67. The number of hydrogen-bond acceptors (Lipinski definition) is 3. The van der Waals surface area contributed by atoms with Crippen molar-refractivity contribution in [2.75, 3.05) is 11.4 Å². The summed E-state index contributed by atoms with van der Waals surface area (Å²) < 4.78 is 0. The predicted octanol–water partition coefficient (Wildman–Crippen LogP) is 3.66. The minimum absolute atomic E-state index is 0.00160. The summed E-state index contributed by atoms with van der Waals surface area (Å²) in [4.78, 5) is 33.8. The van der Waals surface area contributed by atoms with Gasteiger partial charge in [-0.3, -0.25) is 14.6 Å². The molecule has 1 fully saturated rings. The van der Waals surface area contributed by atoms with Gasteiger partial charge in [0.25, 0.3) is 0 Å². The Morgan fingerprint density at radius 3 is 2.34 bits per heavy atom. The first-order chi connectivity index (χ1) is 14.2. The Hall–Kier alpha value is -3.47. The summed E-state index contributed by atoms with van der Waals surface area (Å²) in [5.41, 5.74) is 2.73. The van der Waals surface area contributed by atoms with Crippen LogP contribution in [0.1, 0.15) is 17.7 Å². The second kappa shape index (κ2) is 8.69. The molecular formula is C24H23N3O2. The van der Waals surface area contributed by atoms with E-state index >= 15 is 0 Å². The van der Waals surface area contributed by atoms with Gasteiger partial charge in [0, 0.05) is 24.8 Å². The van der Waals surface area contributed by atoms with Crippen LogP contribution in [0.5, 0.6) is 0 Å². The number of rotatable bonds is 6. The zero-order valence-electron chi connectivity index (χ0n) is 16.1. The van der Waals surface area contributed by atoms with Crippen LogP contribution in [0, 0.1) is 5.92 Å². The normalized spacial score (nSPS) is 16.1. The molecule has 0 saturated carbocycles. The number of benzene rings is 2. The summed E-state index contributed by atoms with van der Waals surface area (Å²) in [6.45, 7) is 1.34. The van der Waals surface area contributed by atoms with Crippen molar-refractivity contribution >= 4 is 17.5 Å². The molecule has 29 heavy (non-hydrogen) atoms. The second-order valence-electron chi connectivity index (χ2n) is 7.24. The average Bonchev–Trinajstić information content (AvgIpc) is 3.14. The molecule has 146 valence electrons. The van der Waals surface area contributed by atoms with Crippen molar-refractivity contribution in [3.8, 4) is 0 Å². The van der Waals surface area contributed by atoms with Gasteiger partial charge < -0.3 is 9.80 Å². The third-order valence-electron chi connectivity index (χ3n) is 5.16. The Morgan fingerprint density at radius 2 is 1.66 bits per heavy atom. The number of hydrogen-bond donors (Lipinski definition) is 0. The average molecular weight is 385 g/mol. The lowest BCUT2D eigenvalue weighted by atomic mass is 10.1. The molecule has 0 N–H and O–H groups in total. The molecule has 1 atom stereocenters. The van der Waals surface area contributed by atoms with E-state index in [-0.39, 0.29) is 24.2 Å². The first-order valence-electron chi connectivity index (χ1n) is 9.79. The van der Waals surface area contributed by atoms with E-state index in [1.54, 1.807) is 16.0 Å². The molecule has 1 saturated heterocycles. The van der Waals surface area contributed by atoms with Gasteiger partial charge in [-0.15, -0.1) is 0 Å². The Bertz CT molecular complexity index is 961. The summed E-state index contributed by atoms with van der Waals surface area (Å²) in [5.74, 6) is -0.367. The van der Waals surface area contributed by atoms with E-state index in [4.69, 9.17) is 0 Å². The number of pyridine rings is 1. The van der Waals surface area contributed by atoms with Gasteiger partial charge in [-0.05, 0) is 29.8 Å². The van der Waals surface area contributed by atoms with E-state index in [1.807, 2.05) is 78.9 Å². The summed E-state index contributed by atoms with van der Waals surface area (Å²) in [6.07, 6.45) is 1.96. The number of amides is 2. The lowest BCUT2D eigenvalue weighted by molar-refractivity contribution is -0.129. The second-order valence-corrected chi connectivity index (χ2v) is 7.24. The smallest absolute Gasteiger partial charge is 0.232 e. The van der Waals surface area contributed by atoms with Crippen molar-refractivity contribution in [1.29, 1.82) is 0 Å². The Balaban J connectivity index is 1.52. The number of nitrogens with zero attached hydrogens (tertiary/aromatic N) is 3. The van der Waals surface area contributed by atoms with Crippen molar-refractivity contribution in [2.24, 2.45) is 5.92 Å². The fourth-order valence-corrected chi connectivity index (χ4v) is 3.67. The van der Waals surface area contributed by atoms with Crippen LogP contribution in [0.15, 0.2) is 85.1 Å². The van der Waals surface area contributed by atoms with E-state index in [9.17, 15) is 9.59 Å². The largest absolute Gasteiger partial charge is 0.336 e. The van der Waals surface area contributed by atoms with E-state index in [2.05, 4.69) is 4.98 Å². The number of carbonyl (C=O) groups excluding carboxylic acids is 2. The number of aromatic nitrogens is 1. The highest BCUT2D eigenvalue weighted by Crippen LogP contribution is 2.26. The maximum atomic E-state index is 13.4. The van der Waals surface area contributed by atoms with Crippen LogP contribution in [-0.4, -0.2) is 28.2 Å². The van der Waals surface area contributed by atoms with Gasteiger partial charge in [0.1, 0.15) is 0 Å². The van der Waals surface area contributed by atoms with Gasteiger partial charge in [0.15, 0.2) is 0 Å². The monoisotopic (exact) mass is 385 g/mol. The van der Waals surface area contributed by atoms with E-state index in [0.717, 1.165) is 16.9 Å². The maximum Gasteiger partial charge on any atom is 0.232 e. The predicted molar refractivity (Wildman–Crippen MR) is 112 cm³/mol. The minimum Gasteiger partial charge on any atom is -0.336 e. The molecule has 1 aliphatic heterocycles. The van der Waals surface area contributed by atoms with Gasteiger partial charge >= 0.3 is 0 Å². The van der Waals surface area contributed by atoms with Gasteiger partial charge in [-0.2, -0.15) is 0 Å². The van der Waals surface area contributed by atoms with Crippen molar-refractivity contribution in [1.82, 2.24) is 9.88 Å². The number of anilines is 1. The lowest BCUT2D eigenvalue weighted by Gasteiger charge is -2.26. The molecule has 2 aromatic carbocycles. The van der Waals surface area contributed by atoms with Gasteiger partial charge in [0.05, 0.1) is 24.7 Å². The van der Waals surface area contributed by atoms with Gasteiger partial charge in [-0.25, -0.2) is 0 Å². The Labute approximate surface area is 170 Å². The molecule has 5 heteroatoms. The first kappa shape index (κ1) is 18.9. The first-order valence-corrected chi connectivity index (χ1v) is 9.79. The van der Waals surface area contributed by atoms with Crippen LogP contribution in [0.2, 0.25) is 0 Å². The minimum atomic E-state index is -0.352. The van der Waals surface area contributed by atoms with Crippen LogP contribution in [-0.2, 0) is 22.7 Å². The number of likely N-dealkylation sites (tertiary alicyclic amines) is 1. The summed E-state index contributed by atoms with van der Waals surface area (Å²) in [7, 11) is 0. The SMILES string of the molecule is O=C1CC(C(=O)N(Cc2ccccc2)c2ccccc2)CN1Cc1ccccn1. The van der Waals surface area contributed by atoms with Crippen LogP contribution >= 0.6 is 0 Å². The van der Waals surface area contributed by atoms with Crippen LogP contribution < -0.4 is 4.90 Å². The molecular weight excluding hydrogens is 362 g/mol. The lowest BCUT2D eigenvalue weighted by Crippen LogP contribution is -2.37. The molecule has 2 amide bonds. The topological polar surface area (TPSA) is 53.5 Å². The van der Waals surface area contributed by atoms with Crippen molar-refractivity contribution in [3.05, 3.63) is 96.3 Å². The maximum absolute atomic E-state index is 13.4. The molecule has 0 spiro atoms. The van der Waals surface area contributed by atoms with Crippen molar-refractivity contribution in [3.63, 3.8) is 0 Å². The molecule has 5 nitrogen and oxygen atoms in total. The zero-order valence-corrected chi connectivity index (χ0v) is 16.1. The van der Waals surface area contributed by atoms with Crippen LogP contribution in [0.3, 0.4) is 0 Å². The zero-order chi connectivity index (χ0) is 20.1. The Morgan fingerprint density at radius 1 is 0.966 bits per heavy atom. The van der Waals surface area contributed by atoms with E-state index in [1.165, 1.54) is 0 Å². The van der Waals surface area contributed by atoms with Crippen LogP contribution in [0.4, 0.5) is 5.69 Å². The molecule has 0 radical (unpaired) electrons. The van der Waals surface area contributed by atoms with Gasteiger partial charge in [0.2, 0.25) is 11.8 Å². The summed E-state index contributed by atoms with van der Waals surface area (Å²) >= 11 is 0. The number of para-hydroxylation sites is 1. The summed E-state index contributed by atoms with van der Waals surface area (Å²) in [5, 5.41) is 0. The van der Waals surface area contributed by atoms with Crippen LogP contribution in [0.25, 0.3) is 0 Å².